The maximum atomic E-state index is 6.29. The molecule has 0 amide bonds. The molecule has 0 aromatic heterocycles. The van der Waals surface area contributed by atoms with Gasteiger partial charge in [0.15, 0.2) is 0 Å². The molecule has 0 spiro atoms. The molecule has 1 aromatic carbocycles. The largest absolute Gasteiger partial charge is 0.494 e. The lowest BCUT2D eigenvalue weighted by molar-refractivity contribution is 0.00578. The Hall–Kier alpha value is -0.875. The topological polar surface area (TPSA) is 24.9 Å². The summed E-state index contributed by atoms with van der Waals surface area (Å²) in [6.07, 6.45) is 3.76. The third-order valence-corrected chi connectivity index (χ3v) is 6.96. The summed E-state index contributed by atoms with van der Waals surface area (Å²) < 4.78 is 12.6. The van der Waals surface area contributed by atoms with Crippen molar-refractivity contribution in [3.8, 4) is 0 Å². The van der Waals surface area contributed by atoms with Crippen molar-refractivity contribution in [3.05, 3.63) is 29.3 Å². The first-order valence-electron chi connectivity index (χ1n) is 10.2. The molecule has 1 unspecified atom stereocenters. The van der Waals surface area contributed by atoms with Gasteiger partial charge in [-0.2, -0.15) is 0 Å². The van der Waals surface area contributed by atoms with Crippen LogP contribution >= 0.6 is 0 Å². The highest BCUT2D eigenvalue weighted by Gasteiger charge is 2.51. The fourth-order valence-corrected chi connectivity index (χ4v) is 4.43. The Balaban J connectivity index is 1.60. The van der Waals surface area contributed by atoms with Crippen molar-refractivity contribution in [1.82, 2.24) is 9.80 Å². The highest BCUT2D eigenvalue weighted by Crippen LogP contribution is 2.38. The van der Waals surface area contributed by atoms with E-state index >= 15 is 0 Å². The number of rotatable bonds is 2. The van der Waals surface area contributed by atoms with E-state index in [0.29, 0.717) is 6.04 Å². The van der Waals surface area contributed by atoms with Crippen LogP contribution in [0.4, 0.5) is 0 Å². The Bertz CT molecular complexity index is 652. The maximum Gasteiger partial charge on any atom is 0.494 e. The fourth-order valence-electron chi connectivity index (χ4n) is 4.43. The zero-order chi connectivity index (χ0) is 18.5. The molecule has 0 radical (unpaired) electrons. The first-order valence-corrected chi connectivity index (χ1v) is 10.2. The van der Waals surface area contributed by atoms with E-state index in [1.54, 1.807) is 0 Å². The fraction of sp³-hybridized carbons (Fsp3) is 0.714. The Labute approximate surface area is 159 Å². The molecule has 4 rings (SSSR count). The summed E-state index contributed by atoms with van der Waals surface area (Å²) in [5.74, 6) is 0. The van der Waals surface area contributed by atoms with E-state index in [4.69, 9.17) is 9.31 Å². The van der Waals surface area contributed by atoms with E-state index in [9.17, 15) is 0 Å². The van der Waals surface area contributed by atoms with Gasteiger partial charge in [0.2, 0.25) is 0 Å². The van der Waals surface area contributed by atoms with Gasteiger partial charge in [-0.05, 0) is 70.6 Å². The monoisotopic (exact) mass is 356 g/mol. The normalized spacial score (nSPS) is 29.0. The molecule has 2 heterocycles. The zero-order valence-electron chi connectivity index (χ0n) is 17.0. The highest BCUT2D eigenvalue weighted by atomic mass is 16.7. The second-order valence-electron chi connectivity index (χ2n) is 9.29. The Morgan fingerprint density at radius 2 is 1.65 bits per heavy atom. The summed E-state index contributed by atoms with van der Waals surface area (Å²) in [7, 11) is 1.96. The first kappa shape index (κ1) is 18.5. The third kappa shape index (κ3) is 3.24. The van der Waals surface area contributed by atoms with Gasteiger partial charge in [0.05, 0.1) is 11.2 Å². The molecule has 142 valence electrons. The molecule has 0 bridgehead atoms. The van der Waals surface area contributed by atoms with Crippen LogP contribution in [0.1, 0.15) is 57.7 Å². The summed E-state index contributed by atoms with van der Waals surface area (Å²) in [5, 5.41) is 0. The van der Waals surface area contributed by atoms with E-state index in [0.717, 1.165) is 0 Å². The zero-order valence-corrected chi connectivity index (χ0v) is 17.0. The average Bonchev–Trinajstić information content (AvgIpc) is 2.82. The van der Waals surface area contributed by atoms with E-state index < -0.39 is 0 Å². The van der Waals surface area contributed by atoms with Crippen LogP contribution in [0.15, 0.2) is 18.2 Å². The lowest BCUT2D eigenvalue weighted by Gasteiger charge is -2.40. The van der Waals surface area contributed by atoms with Gasteiger partial charge in [0.1, 0.15) is 0 Å². The van der Waals surface area contributed by atoms with Crippen molar-refractivity contribution in [3.63, 3.8) is 0 Å². The van der Waals surface area contributed by atoms with Gasteiger partial charge in [-0.3, -0.25) is 4.90 Å². The minimum Gasteiger partial charge on any atom is -0.399 e. The van der Waals surface area contributed by atoms with E-state index in [1.165, 1.54) is 62.0 Å². The number of aryl methyl sites for hydroxylation is 1. The van der Waals surface area contributed by atoms with Crippen molar-refractivity contribution in [2.24, 2.45) is 0 Å². The Morgan fingerprint density at radius 1 is 1.00 bits per heavy atom. The maximum absolute atomic E-state index is 6.29. The van der Waals surface area contributed by atoms with Crippen LogP contribution in [0.5, 0.6) is 0 Å². The molecule has 3 aliphatic rings. The minimum absolute atomic E-state index is 0.264. The quantitative estimate of drug-likeness (QED) is 0.761. The molecular weight excluding hydrogens is 323 g/mol. The molecule has 0 saturated carbocycles. The van der Waals surface area contributed by atoms with Crippen LogP contribution in [-0.2, 0) is 15.7 Å². The van der Waals surface area contributed by atoms with Crippen molar-refractivity contribution in [2.45, 2.75) is 64.2 Å². The molecule has 1 atom stereocenters. The lowest BCUT2D eigenvalue weighted by atomic mass is 9.75. The van der Waals surface area contributed by atoms with Crippen LogP contribution in [0.25, 0.3) is 0 Å². The number of fused-ring (bicyclic) bond motifs is 1. The molecule has 2 fully saturated rings. The summed E-state index contributed by atoms with van der Waals surface area (Å²) in [6.45, 7) is 13.2. The number of likely N-dealkylation sites (N-methyl/N-ethyl adjacent to an activating group) is 1. The molecule has 2 aliphatic heterocycles. The smallest absolute Gasteiger partial charge is 0.399 e. The van der Waals surface area contributed by atoms with Gasteiger partial charge < -0.3 is 14.2 Å². The summed E-state index contributed by atoms with van der Waals surface area (Å²) >= 11 is 0. The summed E-state index contributed by atoms with van der Waals surface area (Å²) in [4.78, 5) is 5.12. The molecule has 1 aromatic rings. The van der Waals surface area contributed by atoms with Crippen molar-refractivity contribution >= 4 is 12.6 Å². The lowest BCUT2D eigenvalue weighted by Crippen LogP contribution is -2.47. The van der Waals surface area contributed by atoms with Crippen LogP contribution in [0.2, 0.25) is 0 Å². The molecule has 5 heteroatoms. The number of nitrogens with zero attached hydrogens (tertiary/aromatic N) is 2. The molecule has 1 aliphatic carbocycles. The van der Waals surface area contributed by atoms with E-state index in [-0.39, 0.29) is 18.3 Å². The van der Waals surface area contributed by atoms with Crippen molar-refractivity contribution in [2.75, 3.05) is 33.2 Å². The van der Waals surface area contributed by atoms with Crippen LogP contribution < -0.4 is 5.46 Å². The number of benzene rings is 1. The van der Waals surface area contributed by atoms with Crippen LogP contribution in [0.3, 0.4) is 0 Å². The van der Waals surface area contributed by atoms with Gasteiger partial charge in [-0.25, -0.2) is 0 Å². The second-order valence-corrected chi connectivity index (χ2v) is 9.29. The van der Waals surface area contributed by atoms with E-state index in [2.05, 4.69) is 62.7 Å². The van der Waals surface area contributed by atoms with Gasteiger partial charge in [-0.1, -0.05) is 18.2 Å². The van der Waals surface area contributed by atoms with Crippen molar-refractivity contribution in [1.29, 1.82) is 0 Å². The average molecular weight is 356 g/mol. The predicted octanol–water partition coefficient (Wildman–Crippen LogP) is 2.61. The number of hydrogen-bond acceptors (Lipinski definition) is 4. The molecular formula is C21H33BN2O2. The second kappa shape index (κ2) is 6.63. The van der Waals surface area contributed by atoms with Crippen LogP contribution in [0, 0.1) is 0 Å². The Kier molecular flexibility index (Phi) is 4.71. The first-order chi connectivity index (χ1) is 12.3. The molecule has 2 saturated heterocycles. The van der Waals surface area contributed by atoms with Gasteiger partial charge in [-0.15, -0.1) is 0 Å². The SMILES string of the molecule is CN1CCN(C2CCCc3ccc(B4OC(C)(C)C(C)(C)O4)cc32)CC1. The van der Waals surface area contributed by atoms with Crippen LogP contribution in [-0.4, -0.2) is 61.3 Å². The minimum atomic E-state index is -0.287. The highest BCUT2D eigenvalue weighted by molar-refractivity contribution is 6.62. The van der Waals surface area contributed by atoms with E-state index in [1.807, 2.05) is 0 Å². The number of hydrogen-bond donors (Lipinski definition) is 0. The third-order valence-electron chi connectivity index (χ3n) is 6.96. The molecule has 0 N–H and O–H groups in total. The predicted molar refractivity (Wildman–Crippen MR) is 107 cm³/mol. The number of piperazine rings is 1. The van der Waals surface area contributed by atoms with Gasteiger partial charge in [0.25, 0.3) is 0 Å². The van der Waals surface area contributed by atoms with Crippen molar-refractivity contribution < 1.29 is 9.31 Å². The summed E-state index contributed by atoms with van der Waals surface area (Å²) in [5.41, 5.74) is 3.62. The summed E-state index contributed by atoms with van der Waals surface area (Å²) in [6, 6.07) is 7.46. The molecule has 4 nitrogen and oxygen atoms in total. The van der Waals surface area contributed by atoms with Gasteiger partial charge in [0, 0.05) is 32.2 Å². The standard InChI is InChI=1S/C21H33BN2O2/c1-20(2)21(3,4)26-22(25-20)17-10-9-16-7-6-8-19(18(16)15-17)24-13-11-23(5)12-14-24/h9-10,15,19H,6-8,11-14H2,1-5H3. The molecule has 26 heavy (non-hydrogen) atoms. The van der Waals surface area contributed by atoms with Gasteiger partial charge >= 0.3 is 7.12 Å². The Morgan fingerprint density at radius 3 is 2.31 bits per heavy atom.